The summed E-state index contributed by atoms with van der Waals surface area (Å²) >= 11 is 1.61. The van der Waals surface area contributed by atoms with Gasteiger partial charge in [0.05, 0.1) is 0 Å². The zero-order valence-corrected chi connectivity index (χ0v) is 10.1. The van der Waals surface area contributed by atoms with E-state index in [0.717, 1.165) is 12.3 Å². The number of hydrogen-bond donors (Lipinski definition) is 0. The molecule has 0 spiro atoms. The van der Waals surface area contributed by atoms with Gasteiger partial charge in [-0.3, -0.25) is 0 Å². The molecule has 0 unspecified atom stereocenters. The molecule has 1 aromatic heterocycles. The number of rotatable bonds is 2. The standard InChI is InChI=1S/C6H3ClF2INO2S/c7-14(12,13)4-1-3(5(8)9)2-11-6(4)10/h1-2,5H. The largest absolute Gasteiger partial charge is 0.265 e. The van der Waals surface area contributed by atoms with Crippen molar-refractivity contribution in [3.05, 3.63) is 21.5 Å². The van der Waals surface area contributed by atoms with E-state index in [1.807, 2.05) is 0 Å². The van der Waals surface area contributed by atoms with E-state index < -0.39 is 25.9 Å². The van der Waals surface area contributed by atoms with Crippen LogP contribution in [0.4, 0.5) is 8.78 Å². The third-order valence-corrected chi connectivity index (χ3v) is 3.90. The second-order valence-corrected chi connectivity index (χ2v) is 5.85. The van der Waals surface area contributed by atoms with E-state index >= 15 is 0 Å². The lowest BCUT2D eigenvalue weighted by molar-refractivity contribution is 0.150. The zero-order valence-electron chi connectivity index (χ0n) is 6.42. The Morgan fingerprint density at radius 3 is 2.50 bits per heavy atom. The highest BCUT2D eigenvalue weighted by Gasteiger charge is 2.18. The van der Waals surface area contributed by atoms with E-state index in [2.05, 4.69) is 4.98 Å². The quantitative estimate of drug-likeness (QED) is 0.466. The molecule has 0 aliphatic carbocycles. The summed E-state index contributed by atoms with van der Waals surface area (Å²) in [5.41, 5.74) is -0.468. The summed E-state index contributed by atoms with van der Waals surface area (Å²) in [4.78, 5) is 3.12. The van der Waals surface area contributed by atoms with E-state index in [9.17, 15) is 17.2 Å². The average molecular weight is 354 g/mol. The fraction of sp³-hybridized carbons (Fsp3) is 0.167. The summed E-state index contributed by atoms with van der Waals surface area (Å²) in [5.74, 6) is 0. The second kappa shape index (κ2) is 4.23. The first-order chi connectivity index (χ1) is 6.32. The number of hydrogen-bond acceptors (Lipinski definition) is 3. The predicted molar refractivity (Wildman–Crippen MR) is 54.9 cm³/mol. The molecule has 0 radical (unpaired) electrons. The van der Waals surface area contributed by atoms with E-state index in [4.69, 9.17) is 10.7 Å². The molecule has 0 aliphatic rings. The monoisotopic (exact) mass is 353 g/mol. The van der Waals surface area contributed by atoms with Gasteiger partial charge in [-0.05, 0) is 28.7 Å². The molecule has 0 saturated carbocycles. The molecule has 14 heavy (non-hydrogen) atoms. The minimum Gasteiger partial charge on any atom is -0.248 e. The predicted octanol–water partition coefficient (Wildman–Crippen LogP) is 2.55. The minimum atomic E-state index is -4.02. The lowest BCUT2D eigenvalue weighted by Gasteiger charge is -2.02. The molecule has 1 aromatic rings. The van der Waals surface area contributed by atoms with E-state index in [1.54, 1.807) is 22.6 Å². The van der Waals surface area contributed by atoms with Crippen LogP contribution in [0.25, 0.3) is 0 Å². The van der Waals surface area contributed by atoms with Crippen LogP contribution in [0.1, 0.15) is 12.0 Å². The topological polar surface area (TPSA) is 47.0 Å². The van der Waals surface area contributed by atoms with Crippen LogP contribution < -0.4 is 0 Å². The van der Waals surface area contributed by atoms with Crippen LogP contribution in [-0.2, 0) is 9.05 Å². The Labute approximate surface area is 97.0 Å². The Kier molecular flexibility index (Phi) is 3.64. The van der Waals surface area contributed by atoms with Gasteiger partial charge in [-0.25, -0.2) is 22.2 Å². The molecule has 3 nitrogen and oxygen atoms in total. The first-order valence-electron chi connectivity index (χ1n) is 3.20. The Bertz CT molecular complexity index is 451. The van der Waals surface area contributed by atoms with Crippen molar-refractivity contribution in [3.63, 3.8) is 0 Å². The SMILES string of the molecule is O=S(=O)(Cl)c1cc(C(F)F)cnc1I. The van der Waals surface area contributed by atoms with Crippen LogP contribution in [0.5, 0.6) is 0 Å². The molecular weight excluding hydrogens is 350 g/mol. The first kappa shape index (κ1) is 12.1. The van der Waals surface area contributed by atoms with Gasteiger partial charge >= 0.3 is 0 Å². The Morgan fingerprint density at radius 2 is 2.07 bits per heavy atom. The van der Waals surface area contributed by atoms with Crippen molar-refractivity contribution in [1.82, 2.24) is 4.98 Å². The van der Waals surface area contributed by atoms with Crippen LogP contribution in [0.2, 0.25) is 0 Å². The van der Waals surface area contributed by atoms with Crippen molar-refractivity contribution < 1.29 is 17.2 Å². The van der Waals surface area contributed by atoms with Crippen molar-refractivity contribution in [2.24, 2.45) is 0 Å². The number of pyridine rings is 1. The highest BCUT2D eigenvalue weighted by Crippen LogP contribution is 2.25. The summed E-state index contributed by atoms with van der Waals surface area (Å²) < 4.78 is 46.3. The van der Waals surface area contributed by atoms with E-state index in [0.29, 0.717) is 0 Å². The summed E-state index contributed by atoms with van der Waals surface area (Å²) in [6.07, 6.45) is -1.85. The molecule has 1 rings (SSSR count). The van der Waals surface area contributed by atoms with Gasteiger partial charge in [0.2, 0.25) is 0 Å². The molecule has 0 bridgehead atoms. The highest BCUT2D eigenvalue weighted by atomic mass is 127. The van der Waals surface area contributed by atoms with Crippen LogP contribution in [0.3, 0.4) is 0 Å². The summed E-state index contributed by atoms with van der Waals surface area (Å²) in [7, 11) is 1.00. The number of aromatic nitrogens is 1. The summed E-state index contributed by atoms with van der Waals surface area (Å²) in [6.45, 7) is 0. The maximum atomic E-state index is 12.2. The number of alkyl halides is 2. The Hall–Kier alpha value is -0.0200. The van der Waals surface area contributed by atoms with Crippen molar-refractivity contribution in [2.45, 2.75) is 11.3 Å². The lowest BCUT2D eigenvalue weighted by Crippen LogP contribution is -1.99. The van der Waals surface area contributed by atoms with E-state index in [-0.39, 0.29) is 3.70 Å². The van der Waals surface area contributed by atoms with Gasteiger partial charge < -0.3 is 0 Å². The van der Waals surface area contributed by atoms with Crippen molar-refractivity contribution in [1.29, 1.82) is 0 Å². The minimum absolute atomic E-state index is 0.0713. The van der Waals surface area contributed by atoms with E-state index in [1.165, 1.54) is 0 Å². The highest BCUT2D eigenvalue weighted by molar-refractivity contribution is 14.1. The maximum Gasteiger partial charge on any atom is 0.265 e. The smallest absolute Gasteiger partial charge is 0.248 e. The molecule has 8 heteroatoms. The number of nitrogens with zero attached hydrogens (tertiary/aromatic N) is 1. The molecule has 0 aliphatic heterocycles. The van der Waals surface area contributed by atoms with Crippen LogP contribution in [0, 0.1) is 3.70 Å². The van der Waals surface area contributed by atoms with Crippen LogP contribution in [-0.4, -0.2) is 13.4 Å². The normalized spacial score (nSPS) is 12.1. The van der Waals surface area contributed by atoms with Crippen molar-refractivity contribution in [3.8, 4) is 0 Å². The van der Waals surface area contributed by atoms with Gasteiger partial charge in [0, 0.05) is 22.4 Å². The Balaban J connectivity index is 3.37. The second-order valence-electron chi connectivity index (χ2n) is 2.30. The average Bonchev–Trinajstić information content (AvgIpc) is 2.02. The van der Waals surface area contributed by atoms with Gasteiger partial charge in [0.25, 0.3) is 15.5 Å². The van der Waals surface area contributed by atoms with Crippen molar-refractivity contribution >= 4 is 42.3 Å². The van der Waals surface area contributed by atoms with Crippen LogP contribution in [0.15, 0.2) is 17.2 Å². The maximum absolute atomic E-state index is 12.2. The molecule has 1 heterocycles. The first-order valence-corrected chi connectivity index (χ1v) is 6.59. The molecule has 0 amide bonds. The third-order valence-electron chi connectivity index (χ3n) is 1.34. The van der Waals surface area contributed by atoms with Gasteiger partial charge in [0.15, 0.2) is 0 Å². The Morgan fingerprint density at radius 1 is 1.50 bits per heavy atom. The zero-order chi connectivity index (χ0) is 10.9. The van der Waals surface area contributed by atoms with Gasteiger partial charge in [0.1, 0.15) is 8.60 Å². The molecule has 0 saturated heterocycles. The van der Waals surface area contributed by atoms with Crippen LogP contribution >= 0.6 is 33.3 Å². The van der Waals surface area contributed by atoms with Gasteiger partial charge in [-0.2, -0.15) is 0 Å². The van der Waals surface area contributed by atoms with Gasteiger partial charge in [-0.1, -0.05) is 0 Å². The fourth-order valence-electron chi connectivity index (χ4n) is 0.733. The molecule has 0 fully saturated rings. The molecule has 0 atom stereocenters. The van der Waals surface area contributed by atoms with Crippen molar-refractivity contribution in [2.75, 3.05) is 0 Å². The summed E-state index contributed by atoms with van der Waals surface area (Å²) in [6, 6.07) is 0.821. The number of halogens is 4. The fourth-order valence-corrected chi connectivity index (χ4v) is 3.17. The third kappa shape index (κ3) is 2.74. The lowest BCUT2D eigenvalue weighted by atomic mass is 10.3. The summed E-state index contributed by atoms with van der Waals surface area (Å²) in [5, 5.41) is 0. The molecule has 78 valence electrons. The molecule has 0 aromatic carbocycles. The molecule has 0 N–H and O–H groups in total. The molecular formula is C6H3ClF2INO2S. The van der Waals surface area contributed by atoms with Gasteiger partial charge in [-0.15, -0.1) is 0 Å².